The van der Waals surface area contributed by atoms with E-state index < -0.39 is 6.04 Å². The molecule has 1 unspecified atom stereocenters. The van der Waals surface area contributed by atoms with E-state index in [1.807, 2.05) is 85.8 Å². The molecule has 3 aromatic carbocycles. The number of amides is 2. The number of aromatic amines is 1. The van der Waals surface area contributed by atoms with E-state index in [0.29, 0.717) is 6.42 Å². The van der Waals surface area contributed by atoms with Gasteiger partial charge in [-0.15, -0.1) is 0 Å². The lowest BCUT2D eigenvalue weighted by molar-refractivity contribution is -0.127. The van der Waals surface area contributed by atoms with Gasteiger partial charge in [0.2, 0.25) is 11.8 Å². The molecule has 0 aliphatic rings. The Labute approximate surface area is 201 Å². The lowest BCUT2D eigenvalue weighted by atomic mass is 10.0. The van der Waals surface area contributed by atoms with Crippen molar-refractivity contribution in [3.05, 3.63) is 100 Å². The van der Waals surface area contributed by atoms with Crippen LogP contribution in [0.15, 0.2) is 83.3 Å². The Morgan fingerprint density at radius 2 is 1.64 bits per heavy atom. The summed E-state index contributed by atoms with van der Waals surface area (Å²) in [6.45, 7) is 1.97. The third-order valence-corrected chi connectivity index (χ3v) is 6.35. The molecule has 0 bridgehead atoms. The van der Waals surface area contributed by atoms with Crippen LogP contribution in [0.5, 0.6) is 0 Å². The second-order valence-corrected chi connectivity index (χ2v) is 9.05. The summed E-state index contributed by atoms with van der Waals surface area (Å²) in [4.78, 5) is 31.5. The van der Waals surface area contributed by atoms with Gasteiger partial charge in [-0.3, -0.25) is 9.59 Å². The molecule has 6 heteroatoms. The molecule has 2 N–H and O–H groups in total. The fourth-order valence-corrected chi connectivity index (χ4v) is 4.31. The average Bonchev–Trinajstić information content (AvgIpc) is 3.13. The molecule has 4 aromatic rings. The molecule has 33 heavy (non-hydrogen) atoms. The van der Waals surface area contributed by atoms with Gasteiger partial charge in [0.25, 0.3) is 0 Å². The fourth-order valence-electron chi connectivity index (χ4n) is 4.04. The van der Waals surface area contributed by atoms with Crippen LogP contribution in [-0.2, 0) is 22.4 Å². The number of aryl methyl sites for hydroxylation is 1. The van der Waals surface area contributed by atoms with Crippen molar-refractivity contribution in [3.63, 3.8) is 0 Å². The minimum absolute atomic E-state index is 0.162. The molecule has 168 valence electrons. The molecule has 0 saturated heterocycles. The molecule has 4 rings (SSSR count). The maximum absolute atomic E-state index is 13.4. The molecule has 0 aliphatic carbocycles. The maximum Gasteiger partial charge on any atom is 0.249 e. The zero-order valence-electron chi connectivity index (χ0n) is 18.6. The Kier molecular flexibility index (Phi) is 6.94. The van der Waals surface area contributed by atoms with Crippen LogP contribution >= 0.6 is 15.9 Å². The highest BCUT2D eigenvalue weighted by Gasteiger charge is 2.26. The highest BCUT2D eigenvalue weighted by atomic mass is 79.9. The number of carbonyl (C=O) groups excluding carboxylic acids is 2. The molecular formula is C27H26BrN3O2. The molecule has 1 heterocycles. The number of aromatic nitrogens is 1. The van der Waals surface area contributed by atoms with E-state index in [-0.39, 0.29) is 18.2 Å². The Balaban J connectivity index is 1.56. The van der Waals surface area contributed by atoms with Crippen molar-refractivity contribution in [1.29, 1.82) is 0 Å². The van der Waals surface area contributed by atoms with Crippen molar-refractivity contribution in [2.45, 2.75) is 25.8 Å². The van der Waals surface area contributed by atoms with Gasteiger partial charge in [-0.05, 0) is 48.4 Å². The number of rotatable bonds is 7. The van der Waals surface area contributed by atoms with Crippen LogP contribution in [0.2, 0.25) is 0 Å². The second kappa shape index (κ2) is 10.0. The first-order valence-corrected chi connectivity index (χ1v) is 11.6. The number of carbonyl (C=O) groups is 2. The van der Waals surface area contributed by atoms with Crippen LogP contribution in [0, 0.1) is 6.92 Å². The highest BCUT2D eigenvalue weighted by molar-refractivity contribution is 9.10. The number of nitrogens with zero attached hydrogens (tertiary/aromatic N) is 1. The number of halogens is 1. The Bertz CT molecular complexity index is 1270. The lowest BCUT2D eigenvalue weighted by Crippen LogP contribution is -2.49. The van der Waals surface area contributed by atoms with Crippen LogP contribution in [0.4, 0.5) is 5.69 Å². The number of anilines is 1. The average molecular weight is 504 g/mol. The van der Waals surface area contributed by atoms with E-state index >= 15 is 0 Å². The van der Waals surface area contributed by atoms with Crippen LogP contribution in [-0.4, -0.2) is 29.9 Å². The molecule has 2 amide bonds. The Morgan fingerprint density at radius 3 is 2.36 bits per heavy atom. The van der Waals surface area contributed by atoms with Gasteiger partial charge in [0.05, 0.1) is 6.42 Å². The summed E-state index contributed by atoms with van der Waals surface area (Å²) < 4.78 is 0.940. The smallest absolute Gasteiger partial charge is 0.249 e. The Morgan fingerprint density at radius 1 is 0.970 bits per heavy atom. The molecule has 5 nitrogen and oxygen atoms in total. The highest BCUT2D eigenvalue weighted by Crippen LogP contribution is 2.23. The molecule has 0 aliphatic heterocycles. The van der Waals surface area contributed by atoms with Crippen LogP contribution in [0.1, 0.15) is 16.8 Å². The van der Waals surface area contributed by atoms with E-state index in [1.165, 1.54) is 0 Å². The molecule has 0 saturated carbocycles. The number of fused-ring (bicyclic) bond motifs is 1. The normalized spacial score (nSPS) is 11.8. The summed E-state index contributed by atoms with van der Waals surface area (Å²) in [6.07, 6.45) is 0.621. The number of hydrogen-bond acceptors (Lipinski definition) is 2. The topological polar surface area (TPSA) is 65.2 Å². The predicted molar refractivity (Wildman–Crippen MR) is 136 cm³/mol. The number of para-hydroxylation sites is 1. The van der Waals surface area contributed by atoms with Crippen molar-refractivity contribution >= 4 is 44.3 Å². The summed E-state index contributed by atoms with van der Waals surface area (Å²) in [5.41, 5.74) is 4.68. The van der Waals surface area contributed by atoms with Crippen molar-refractivity contribution in [2.75, 3.05) is 11.9 Å². The van der Waals surface area contributed by atoms with Gasteiger partial charge in [0.15, 0.2) is 0 Å². The standard InChI is InChI=1S/C27H26BrN3O2/c1-18-23(22-10-6-7-11-24(22)29-18)17-26(32)30-25(16-19-8-4-3-5-9-19)27(33)31(2)21-14-12-20(28)13-15-21/h3-15,25,29H,16-17H2,1-2H3,(H,30,32). The van der Waals surface area contributed by atoms with E-state index in [0.717, 1.165) is 37.9 Å². The molecule has 1 aromatic heterocycles. The van der Waals surface area contributed by atoms with E-state index in [4.69, 9.17) is 0 Å². The first kappa shape index (κ1) is 22.8. The van der Waals surface area contributed by atoms with Crippen LogP contribution < -0.4 is 10.2 Å². The molecule has 0 radical (unpaired) electrons. The molecule has 1 atom stereocenters. The number of benzene rings is 3. The first-order chi connectivity index (χ1) is 15.9. The van der Waals surface area contributed by atoms with Crippen molar-refractivity contribution in [1.82, 2.24) is 10.3 Å². The molecule has 0 fully saturated rings. The van der Waals surface area contributed by atoms with Crippen LogP contribution in [0.3, 0.4) is 0 Å². The van der Waals surface area contributed by atoms with Crippen LogP contribution in [0.25, 0.3) is 10.9 Å². The maximum atomic E-state index is 13.4. The lowest BCUT2D eigenvalue weighted by Gasteiger charge is -2.25. The predicted octanol–water partition coefficient (Wildman–Crippen LogP) is 5.17. The summed E-state index contributed by atoms with van der Waals surface area (Å²) in [5.74, 6) is -0.341. The van der Waals surface area contributed by atoms with E-state index in [2.05, 4.69) is 26.2 Å². The largest absolute Gasteiger partial charge is 0.358 e. The minimum Gasteiger partial charge on any atom is -0.358 e. The van der Waals surface area contributed by atoms with Crippen molar-refractivity contribution in [3.8, 4) is 0 Å². The number of hydrogen-bond donors (Lipinski definition) is 2. The van der Waals surface area contributed by atoms with E-state index in [9.17, 15) is 9.59 Å². The zero-order valence-corrected chi connectivity index (χ0v) is 20.2. The number of nitrogens with one attached hydrogen (secondary N) is 2. The Hall–Kier alpha value is -3.38. The quantitative estimate of drug-likeness (QED) is 0.365. The second-order valence-electron chi connectivity index (χ2n) is 8.13. The number of likely N-dealkylation sites (N-methyl/N-ethyl adjacent to an activating group) is 1. The third-order valence-electron chi connectivity index (χ3n) is 5.82. The summed E-state index contributed by atoms with van der Waals surface area (Å²) in [7, 11) is 1.74. The third kappa shape index (κ3) is 5.34. The SMILES string of the molecule is Cc1[nH]c2ccccc2c1CC(=O)NC(Cc1ccccc1)C(=O)N(C)c1ccc(Br)cc1. The summed E-state index contributed by atoms with van der Waals surface area (Å²) in [6, 6.07) is 24.5. The fraction of sp³-hybridized carbons (Fsp3) is 0.185. The van der Waals surface area contributed by atoms with Crippen molar-refractivity contribution < 1.29 is 9.59 Å². The van der Waals surface area contributed by atoms with Gasteiger partial charge < -0.3 is 15.2 Å². The number of H-pyrrole nitrogens is 1. The molecule has 0 spiro atoms. The minimum atomic E-state index is -0.681. The molecular weight excluding hydrogens is 478 g/mol. The van der Waals surface area contributed by atoms with Gasteiger partial charge in [0.1, 0.15) is 6.04 Å². The van der Waals surface area contributed by atoms with Gasteiger partial charge in [-0.25, -0.2) is 0 Å². The van der Waals surface area contributed by atoms with Crippen molar-refractivity contribution in [2.24, 2.45) is 0 Å². The van der Waals surface area contributed by atoms with E-state index in [1.54, 1.807) is 11.9 Å². The summed E-state index contributed by atoms with van der Waals surface area (Å²) >= 11 is 3.43. The first-order valence-electron chi connectivity index (χ1n) is 10.8. The summed E-state index contributed by atoms with van der Waals surface area (Å²) in [5, 5.41) is 4.03. The van der Waals surface area contributed by atoms with Gasteiger partial charge in [0, 0.05) is 40.2 Å². The zero-order chi connectivity index (χ0) is 23.4. The van der Waals surface area contributed by atoms with Gasteiger partial charge in [-0.2, -0.15) is 0 Å². The van der Waals surface area contributed by atoms with Gasteiger partial charge in [-0.1, -0.05) is 64.5 Å². The van der Waals surface area contributed by atoms with Gasteiger partial charge >= 0.3 is 0 Å². The monoisotopic (exact) mass is 503 g/mol.